The van der Waals surface area contributed by atoms with Crippen LogP contribution in [0.15, 0.2) is 24.3 Å². The number of alkyl halides is 1. The fourth-order valence-electron chi connectivity index (χ4n) is 1.59. The lowest BCUT2D eigenvalue weighted by Gasteiger charge is -2.14. The van der Waals surface area contributed by atoms with E-state index in [1.165, 1.54) is 7.11 Å². The number of methoxy groups -OCH3 is 1. The van der Waals surface area contributed by atoms with E-state index >= 15 is 0 Å². The minimum atomic E-state index is -1.22. The molecule has 0 aliphatic heterocycles. The molecule has 1 N–H and O–H groups in total. The smallest absolute Gasteiger partial charge is 0.318 e. The van der Waals surface area contributed by atoms with Gasteiger partial charge in [0.1, 0.15) is 11.7 Å². The zero-order valence-corrected chi connectivity index (χ0v) is 10.1. The first-order valence-electron chi connectivity index (χ1n) is 5.06. The Labute approximate surface area is 104 Å². The van der Waals surface area contributed by atoms with Crippen LogP contribution in [0.4, 0.5) is 0 Å². The number of carbonyl (C=O) groups is 2. The number of para-hydroxylation sites is 1. The molecule has 1 aromatic carbocycles. The lowest BCUT2D eigenvalue weighted by atomic mass is 9.92. The Morgan fingerprint density at radius 3 is 2.59 bits per heavy atom. The summed E-state index contributed by atoms with van der Waals surface area (Å²) < 4.78 is 5.06. The lowest BCUT2D eigenvalue weighted by Crippen LogP contribution is -2.22. The first-order valence-corrected chi connectivity index (χ1v) is 5.59. The Balaban J connectivity index is 3.14. The molecular weight excluding hydrogens is 244 g/mol. The molecule has 92 valence electrons. The van der Waals surface area contributed by atoms with Gasteiger partial charge in [0, 0.05) is 17.9 Å². The van der Waals surface area contributed by atoms with Crippen molar-refractivity contribution in [3.63, 3.8) is 0 Å². The van der Waals surface area contributed by atoms with E-state index < -0.39 is 17.7 Å². The minimum absolute atomic E-state index is 0.0244. The second-order valence-corrected chi connectivity index (χ2v) is 3.80. The number of hydrogen-bond acceptors (Lipinski definition) is 3. The molecule has 0 amide bonds. The molecule has 0 aliphatic rings. The fraction of sp³-hybridized carbons (Fsp3) is 0.333. The van der Waals surface area contributed by atoms with E-state index in [1.54, 1.807) is 24.3 Å². The third kappa shape index (κ3) is 3.20. The van der Waals surface area contributed by atoms with Crippen LogP contribution >= 0.6 is 11.6 Å². The molecule has 0 saturated heterocycles. The number of Topliss-reactive ketones (excluding diaryl/α,β-unsaturated/α-hetero) is 1. The molecular formula is C12H13ClO4. The monoisotopic (exact) mass is 256 g/mol. The Kier molecular flexibility index (Phi) is 4.97. The van der Waals surface area contributed by atoms with Crippen molar-refractivity contribution >= 4 is 23.4 Å². The molecule has 0 aromatic heterocycles. The van der Waals surface area contributed by atoms with Crippen LogP contribution in [-0.4, -0.2) is 29.8 Å². The van der Waals surface area contributed by atoms with Gasteiger partial charge < -0.3 is 9.84 Å². The average molecular weight is 257 g/mol. The number of carboxylic acid groups (broad SMARTS) is 1. The van der Waals surface area contributed by atoms with E-state index in [9.17, 15) is 9.59 Å². The molecule has 1 atom stereocenters. The third-order valence-corrected chi connectivity index (χ3v) is 2.55. The van der Waals surface area contributed by atoms with Crippen LogP contribution in [0.1, 0.15) is 17.9 Å². The van der Waals surface area contributed by atoms with Crippen LogP contribution in [0, 0.1) is 0 Å². The summed E-state index contributed by atoms with van der Waals surface area (Å²) in [5.41, 5.74) is 0.359. The topological polar surface area (TPSA) is 63.6 Å². The quantitative estimate of drug-likeness (QED) is 0.625. The second-order valence-electron chi connectivity index (χ2n) is 3.42. The summed E-state index contributed by atoms with van der Waals surface area (Å²) in [6.45, 7) is 0. The molecule has 0 saturated carbocycles. The second kappa shape index (κ2) is 6.25. The highest BCUT2D eigenvalue weighted by molar-refractivity contribution is 6.19. The van der Waals surface area contributed by atoms with Crippen LogP contribution in [0.2, 0.25) is 0 Å². The Morgan fingerprint density at radius 2 is 2.06 bits per heavy atom. The summed E-state index contributed by atoms with van der Waals surface area (Å²) in [6, 6.07) is 6.58. The first-order chi connectivity index (χ1) is 8.11. The van der Waals surface area contributed by atoms with E-state index in [2.05, 4.69) is 0 Å². The van der Waals surface area contributed by atoms with Crippen molar-refractivity contribution in [1.82, 2.24) is 0 Å². The van der Waals surface area contributed by atoms with Crippen LogP contribution in [0.3, 0.4) is 0 Å². The maximum atomic E-state index is 11.7. The van der Waals surface area contributed by atoms with Gasteiger partial charge in [-0.2, -0.15) is 0 Å². The van der Waals surface area contributed by atoms with Gasteiger partial charge in [-0.3, -0.25) is 9.59 Å². The highest BCUT2D eigenvalue weighted by Crippen LogP contribution is 2.28. The summed E-state index contributed by atoms with van der Waals surface area (Å²) in [4.78, 5) is 22.9. The summed E-state index contributed by atoms with van der Waals surface area (Å²) in [6.07, 6.45) is 0.0244. The number of carboxylic acids is 1. The number of ketones is 1. The maximum absolute atomic E-state index is 11.7. The van der Waals surface area contributed by atoms with Crippen molar-refractivity contribution in [2.45, 2.75) is 12.3 Å². The molecule has 1 rings (SSSR count). The largest absolute Gasteiger partial charge is 0.496 e. The van der Waals surface area contributed by atoms with Gasteiger partial charge >= 0.3 is 5.97 Å². The number of benzene rings is 1. The molecule has 1 aromatic rings. The Hall–Kier alpha value is -1.55. The Morgan fingerprint density at radius 1 is 1.41 bits per heavy atom. The van der Waals surface area contributed by atoms with Gasteiger partial charge in [-0.05, 0) is 6.07 Å². The zero-order chi connectivity index (χ0) is 12.8. The van der Waals surface area contributed by atoms with Crippen LogP contribution in [0.25, 0.3) is 0 Å². The van der Waals surface area contributed by atoms with Crippen LogP contribution < -0.4 is 4.74 Å². The summed E-state index contributed by atoms with van der Waals surface area (Å²) in [5.74, 6) is -2.33. The Bertz CT molecular complexity index is 417. The van der Waals surface area contributed by atoms with Crippen molar-refractivity contribution in [3.8, 4) is 5.75 Å². The van der Waals surface area contributed by atoms with Crippen molar-refractivity contribution in [2.24, 2.45) is 0 Å². The third-order valence-electron chi connectivity index (χ3n) is 2.36. The molecule has 0 heterocycles. The fourth-order valence-corrected chi connectivity index (χ4v) is 1.77. The number of carbonyl (C=O) groups excluding carboxylic acids is 1. The zero-order valence-electron chi connectivity index (χ0n) is 9.35. The van der Waals surface area contributed by atoms with E-state index in [0.29, 0.717) is 11.3 Å². The van der Waals surface area contributed by atoms with Gasteiger partial charge in [0.2, 0.25) is 0 Å². The minimum Gasteiger partial charge on any atom is -0.496 e. The normalized spacial score (nSPS) is 11.9. The van der Waals surface area contributed by atoms with Crippen molar-refractivity contribution in [2.75, 3.05) is 13.0 Å². The number of aliphatic carboxylic acids is 1. The number of ether oxygens (including phenoxy) is 1. The molecule has 17 heavy (non-hydrogen) atoms. The van der Waals surface area contributed by atoms with Gasteiger partial charge in [-0.15, -0.1) is 11.6 Å². The molecule has 4 nitrogen and oxygen atoms in total. The molecule has 0 bridgehead atoms. The molecule has 0 radical (unpaired) electrons. The predicted molar refractivity (Wildman–Crippen MR) is 63.7 cm³/mol. The van der Waals surface area contributed by atoms with Crippen LogP contribution in [-0.2, 0) is 9.59 Å². The lowest BCUT2D eigenvalue weighted by molar-refractivity contribution is -0.142. The maximum Gasteiger partial charge on any atom is 0.318 e. The van der Waals surface area contributed by atoms with E-state index in [1.807, 2.05) is 0 Å². The van der Waals surface area contributed by atoms with Crippen molar-refractivity contribution in [1.29, 1.82) is 0 Å². The van der Waals surface area contributed by atoms with Gasteiger partial charge in [0.25, 0.3) is 0 Å². The summed E-state index contributed by atoms with van der Waals surface area (Å²) in [5, 5.41) is 9.12. The van der Waals surface area contributed by atoms with E-state index in [4.69, 9.17) is 21.4 Å². The first kappa shape index (κ1) is 13.5. The van der Waals surface area contributed by atoms with Gasteiger partial charge in [0.15, 0.2) is 5.78 Å². The number of hydrogen-bond donors (Lipinski definition) is 1. The number of halogens is 1. The van der Waals surface area contributed by atoms with Gasteiger partial charge in [-0.25, -0.2) is 0 Å². The van der Waals surface area contributed by atoms with Gasteiger partial charge in [0.05, 0.1) is 7.11 Å². The highest BCUT2D eigenvalue weighted by Gasteiger charge is 2.29. The molecule has 0 spiro atoms. The van der Waals surface area contributed by atoms with Crippen molar-refractivity contribution < 1.29 is 19.4 Å². The van der Waals surface area contributed by atoms with E-state index in [0.717, 1.165) is 0 Å². The predicted octanol–water partition coefficient (Wildman–Crippen LogP) is 2.06. The van der Waals surface area contributed by atoms with Crippen LogP contribution in [0.5, 0.6) is 5.75 Å². The molecule has 1 unspecified atom stereocenters. The SMILES string of the molecule is COc1ccccc1C(C(=O)O)C(=O)CCCl. The molecule has 0 fully saturated rings. The van der Waals surface area contributed by atoms with E-state index in [-0.39, 0.29) is 12.3 Å². The molecule has 5 heteroatoms. The summed E-state index contributed by atoms with van der Waals surface area (Å²) in [7, 11) is 1.43. The summed E-state index contributed by atoms with van der Waals surface area (Å²) >= 11 is 5.46. The van der Waals surface area contributed by atoms with Crippen molar-refractivity contribution in [3.05, 3.63) is 29.8 Å². The molecule has 0 aliphatic carbocycles. The number of rotatable bonds is 6. The highest BCUT2D eigenvalue weighted by atomic mass is 35.5. The van der Waals surface area contributed by atoms with Gasteiger partial charge in [-0.1, -0.05) is 18.2 Å². The standard InChI is InChI=1S/C12H13ClO4/c1-17-10-5-3-2-4-8(10)11(12(15)16)9(14)6-7-13/h2-5,11H,6-7H2,1H3,(H,15,16). The average Bonchev–Trinajstić information content (AvgIpc) is 2.30.